The number of alkyl halides is 1. The summed E-state index contributed by atoms with van der Waals surface area (Å²) in [5, 5.41) is 0.754. The number of piperidine rings is 1. The highest BCUT2D eigenvalue weighted by atomic mass is 35.5. The molecule has 3 rings (SSSR count). The van der Waals surface area contributed by atoms with E-state index < -0.39 is 7.12 Å². The summed E-state index contributed by atoms with van der Waals surface area (Å²) < 4.78 is 12.1. The minimum Gasteiger partial charge on any atom is -0.399 e. The maximum absolute atomic E-state index is 11.8. The van der Waals surface area contributed by atoms with Gasteiger partial charge in [0.2, 0.25) is 5.91 Å². The predicted molar refractivity (Wildman–Crippen MR) is 113 cm³/mol. The van der Waals surface area contributed by atoms with E-state index in [1.54, 1.807) is 24.2 Å². The monoisotopic (exact) mass is 425 g/mol. The van der Waals surface area contributed by atoms with Gasteiger partial charge in [-0.05, 0) is 52.9 Å². The molecule has 0 radical (unpaired) electrons. The van der Waals surface area contributed by atoms with E-state index in [9.17, 15) is 4.79 Å². The van der Waals surface area contributed by atoms with Gasteiger partial charge in [-0.25, -0.2) is 9.97 Å². The van der Waals surface area contributed by atoms with Crippen molar-refractivity contribution in [3.8, 4) is 0 Å². The summed E-state index contributed by atoms with van der Waals surface area (Å²) >= 11 is 7.33. The summed E-state index contributed by atoms with van der Waals surface area (Å²) in [7, 11) is -0.434. The molecule has 28 heavy (non-hydrogen) atoms. The number of nitrogens with zero attached hydrogens (tertiary/aromatic N) is 3. The maximum atomic E-state index is 11.8. The molecule has 1 aromatic rings. The van der Waals surface area contributed by atoms with E-state index >= 15 is 0 Å². The van der Waals surface area contributed by atoms with Crippen LogP contribution in [0.1, 0.15) is 47.0 Å². The summed E-state index contributed by atoms with van der Waals surface area (Å²) in [6, 6.07) is 0. The fourth-order valence-corrected chi connectivity index (χ4v) is 4.49. The first-order chi connectivity index (χ1) is 13.2. The number of amides is 1. The minimum absolute atomic E-state index is 0.0423. The van der Waals surface area contributed by atoms with Crippen LogP contribution in [0.5, 0.6) is 0 Å². The lowest BCUT2D eigenvalue weighted by Crippen LogP contribution is -2.41. The molecule has 1 aromatic heterocycles. The van der Waals surface area contributed by atoms with Gasteiger partial charge in [-0.2, -0.15) is 0 Å². The van der Waals surface area contributed by atoms with Crippen LogP contribution >= 0.6 is 23.4 Å². The van der Waals surface area contributed by atoms with Gasteiger partial charge in [0.25, 0.3) is 0 Å². The molecule has 0 aromatic carbocycles. The molecule has 0 spiro atoms. The first kappa shape index (κ1) is 21.9. The standard InChI is InChI=1S/C19H29BClN3O3S/c1-18(2)19(3,4)27-20(26-18)15-11-22-17(23-12-15)28-9-7-14-6-5-8-24(13-14)16(25)10-21/h11-12,14H,5-10,13H2,1-4H3. The molecule has 1 amide bonds. The van der Waals surface area contributed by atoms with Crippen molar-refractivity contribution < 1.29 is 14.1 Å². The molecule has 154 valence electrons. The van der Waals surface area contributed by atoms with Gasteiger partial charge in [0, 0.05) is 36.7 Å². The van der Waals surface area contributed by atoms with Crippen molar-refractivity contribution in [1.82, 2.24) is 14.9 Å². The van der Waals surface area contributed by atoms with Crippen molar-refractivity contribution in [2.75, 3.05) is 24.7 Å². The third-order valence-corrected chi connectivity index (χ3v) is 7.05. The largest absolute Gasteiger partial charge is 0.498 e. The van der Waals surface area contributed by atoms with Crippen molar-refractivity contribution in [2.24, 2.45) is 5.92 Å². The first-order valence-corrected chi connectivity index (χ1v) is 11.4. The van der Waals surface area contributed by atoms with Crippen LogP contribution in [-0.2, 0) is 14.1 Å². The van der Waals surface area contributed by atoms with Gasteiger partial charge in [0.1, 0.15) is 5.88 Å². The zero-order valence-electron chi connectivity index (χ0n) is 17.1. The highest BCUT2D eigenvalue weighted by Gasteiger charge is 2.51. The molecule has 2 fully saturated rings. The summed E-state index contributed by atoms with van der Waals surface area (Å²) in [6.45, 7) is 9.78. The van der Waals surface area contributed by atoms with Gasteiger partial charge in [0.05, 0.1) is 11.2 Å². The number of thioether (sulfide) groups is 1. The fourth-order valence-electron chi connectivity index (χ4n) is 3.43. The molecule has 0 aliphatic carbocycles. The number of carbonyl (C=O) groups is 1. The summed E-state index contributed by atoms with van der Waals surface area (Å²) in [4.78, 5) is 22.6. The van der Waals surface area contributed by atoms with E-state index in [4.69, 9.17) is 20.9 Å². The maximum Gasteiger partial charge on any atom is 0.498 e. The van der Waals surface area contributed by atoms with E-state index in [1.165, 1.54) is 0 Å². The summed E-state index contributed by atoms with van der Waals surface area (Å²) in [6.07, 6.45) is 6.84. The van der Waals surface area contributed by atoms with E-state index in [0.717, 1.165) is 48.7 Å². The van der Waals surface area contributed by atoms with E-state index in [1.807, 2.05) is 32.6 Å². The molecular weight excluding hydrogens is 397 g/mol. The average molecular weight is 426 g/mol. The van der Waals surface area contributed by atoms with Crippen molar-refractivity contribution in [1.29, 1.82) is 0 Å². The molecule has 3 heterocycles. The molecule has 2 aliphatic rings. The van der Waals surface area contributed by atoms with Crippen molar-refractivity contribution in [3.05, 3.63) is 12.4 Å². The Morgan fingerprint density at radius 3 is 2.54 bits per heavy atom. The molecule has 1 atom stereocenters. The number of carbonyl (C=O) groups excluding carboxylic acids is 1. The number of aromatic nitrogens is 2. The zero-order chi connectivity index (χ0) is 20.4. The molecule has 0 bridgehead atoms. The second-order valence-electron chi connectivity index (χ2n) is 8.51. The second-order valence-corrected chi connectivity index (χ2v) is 9.84. The van der Waals surface area contributed by atoms with Crippen molar-refractivity contribution in [2.45, 2.75) is 63.3 Å². The second kappa shape index (κ2) is 8.90. The molecule has 9 heteroatoms. The quantitative estimate of drug-likeness (QED) is 0.302. The Kier molecular flexibility index (Phi) is 6.95. The molecule has 1 unspecified atom stereocenters. The molecule has 0 saturated carbocycles. The van der Waals surface area contributed by atoms with Crippen LogP contribution < -0.4 is 5.46 Å². The fraction of sp³-hybridized carbons (Fsp3) is 0.737. The Morgan fingerprint density at radius 2 is 1.93 bits per heavy atom. The van der Waals surface area contributed by atoms with Crippen LogP contribution in [0.15, 0.2) is 17.6 Å². The lowest BCUT2D eigenvalue weighted by molar-refractivity contribution is -0.130. The summed E-state index contributed by atoms with van der Waals surface area (Å²) in [5.74, 6) is 1.58. The van der Waals surface area contributed by atoms with E-state index in [0.29, 0.717) is 5.92 Å². The third-order valence-electron chi connectivity index (χ3n) is 5.92. The zero-order valence-corrected chi connectivity index (χ0v) is 18.7. The van der Waals surface area contributed by atoms with Crippen molar-refractivity contribution in [3.63, 3.8) is 0 Å². The molecule has 2 saturated heterocycles. The predicted octanol–water partition coefficient (Wildman–Crippen LogP) is 2.74. The number of hydrogen-bond donors (Lipinski definition) is 0. The highest BCUT2D eigenvalue weighted by Crippen LogP contribution is 2.36. The average Bonchev–Trinajstić information content (AvgIpc) is 2.89. The lowest BCUT2D eigenvalue weighted by Gasteiger charge is -2.32. The number of likely N-dealkylation sites (tertiary alicyclic amines) is 1. The SMILES string of the molecule is CC1(C)OB(c2cnc(SCCC3CCCN(C(=O)CCl)C3)nc2)OC1(C)C. The van der Waals surface area contributed by atoms with Gasteiger partial charge in [0.15, 0.2) is 5.16 Å². The first-order valence-electron chi connectivity index (χ1n) is 9.86. The summed E-state index contributed by atoms with van der Waals surface area (Å²) in [5.41, 5.74) is 0.0960. The molecule has 2 aliphatic heterocycles. The van der Waals surface area contributed by atoms with Gasteiger partial charge < -0.3 is 14.2 Å². The Balaban J connectivity index is 1.47. The minimum atomic E-state index is -0.434. The van der Waals surface area contributed by atoms with Gasteiger partial charge in [-0.1, -0.05) is 11.8 Å². The van der Waals surface area contributed by atoms with Gasteiger partial charge in [-0.3, -0.25) is 4.79 Å². The van der Waals surface area contributed by atoms with Crippen LogP contribution in [0.3, 0.4) is 0 Å². The van der Waals surface area contributed by atoms with Crippen LogP contribution in [0, 0.1) is 5.92 Å². The molecule has 6 nitrogen and oxygen atoms in total. The third kappa shape index (κ3) is 5.01. The normalized spacial score (nSPS) is 23.8. The lowest BCUT2D eigenvalue weighted by atomic mass is 9.81. The Hall–Kier alpha value is -0.825. The van der Waals surface area contributed by atoms with E-state index in [2.05, 4.69) is 9.97 Å². The van der Waals surface area contributed by atoms with Crippen LogP contribution in [0.2, 0.25) is 0 Å². The van der Waals surface area contributed by atoms with E-state index in [-0.39, 0.29) is 23.0 Å². The van der Waals surface area contributed by atoms with Crippen LogP contribution in [0.4, 0.5) is 0 Å². The number of hydrogen-bond acceptors (Lipinski definition) is 6. The number of rotatable bonds is 6. The molecule has 0 N–H and O–H groups in total. The Labute approximate surface area is 177 Å². The smallest absolute Gasteiger partial charge is 0.399 e. The Bertz CT molecular complexity index is 674. The van der Waals surface area contributed by atoms with Crippen LogP contribution in [-0.4, -0.2) is 63.8 Å². The topological polar surface area (TPSA) is 64.5 Å². The van der Waals surface area contributed by atoms with Gasteiger partial charge >= 0.3 is 7.12 Å². The highest BCUT2D eigenvalue weighted by molar-refractivity contribution is 7.99. The van der Waals surface area contributed by atoms with Gasteiger partial charge in [-0.15, -0.1) is 11.6 Å². The van der Waals surface area contributed by atoms with Crippen LogP contribution in [0.25, 0.3) is 0 Å². The number of halogens is 1. The molecular formula is C19H29BClN3O3S. The Morgan fingerprint density at radius 1 is 1.29 bits per heavy atom. The van der Waals surface area contributed by atoms with Crippen molar-refractivity contribution >= 4 is 41.9 Å².